The van der Waals surface area contributed by atoms with Crippen molar-refractivity contribution >= 4 is 28.7 Å². The van der Waals surface area contributed by atoms with E-state index < -0.39 is 0 Å². The lowest BCUT2D eigenvalue weighted by atomic mass is 10.1. The highest BCUT2D eigenvalue weighted by Crippen LogP contribution is 2.40. The largest absolute Gasteiger partial charge is 0.304 e. The minimum absolute atomic E-state index is 0.0918. The van der Waals surface area contributed by atoms with E-state index in [0.29, 0.717) is 5.17 Å². The second-order valence-corrected chi connectivity index (χ2v) is 6.48. The van der Waals surface area contributed by atoms with Crippen LogP contribution in [0.1, 0.15) is 59.8 Å². The number of amides is 2. The molecule has 2 amide bonds. The predicted octanol–water partition coefficient (Wildman–Crippen LogP) is 2.68. The van der Waals surface area contributed by atoms with Gasteiger partial charge in [0.1, 0.15) is 4.87 Å². The Kier molecular flexibility index (Phi) is 5.85. The molecule has 0 radical (unpaired) electrons. The minimum atomic E-state index is -0.378. The Hall–Kier alpha value is -1.04. The van der Waals surface area contributed by atoms with Crippen molar-refractivity contribution in [1.82, 2.24) is 10.3 Å². The fourth-order valence-electron chi connectivity index (χ4n) is 2.11. The summed E-state index contributed by atoms with van der Waals surface area (Å²) in [5.74, 6) is -0.254. The van der Waals surface area contributed by atoms with Gasteiger partial charge < -0.3 is 5.32 Å². The van der Waals surface area contributed by atoms with Crippen LogP contribution in [0.4, 0.5) is 0 Å². The van der Waals surface area contributed by atoms with Gasteiger partial charge in [0.25, 0.3) is 0 Å². The molecule has 0 bridgehead atoms. The number of carbonyl (C=O) groups is 2. The number of carbonyl (C=O) groups excluding carboxylic acids is 2. The summed E-state index contributed by atoms with van der Waals surface area (Å²) in [5.41, 5.74) is 0. The molecular formula is C13H23N3O2S. The van der Waals surface area contributed by atoms with Gasteiger partial charge in [-0.05, 0) is 13.3 Å². The molecule has 6 heteroatoms. The molecule has 0 fully saturated rings. The number of hydrazone groups is 1. The van der Waals surface area contributed by atoms with Crippen LogP contribution in [-0.2, 0) is 9.59 Å². The average molecular weight is 285 g/mol. The highest BCUT2D eigenvalue weighted by Gasteiger charge is 2.41. The maximum absolute atomic E-state index is 11.7. The van der Waals surface area contributed by atoms with E-state index in [4.69, 9.17) is 0 Å². The zero-order valence-electron chi connectivity index (χ0n) is 12.2. The summed E-state index contributed by atoms with van der Waals surface area (Å²) >= 11 is 1.46. The first-order valence-corrected chi connectivity index (χ1v) is 7.56. The van der Waals surface area contributed by atoms with Gasteiger partial charge in [-0.25, -0.2) is 5.01 Å². The summed E-state index contributed by atoms with van der Waals surface area (Å²) < 4.78 is 0. The van der Waals surface area contributed by atoms with Crippen LogP contribution >= 0.6 is 11.8 Å². The van der Waals surface area contributed by atoms with E-state index in [0.717, 1.165) is 19.3 Å². The molecule has 1 aliphatic heterocycles. The number of nitrogens with zero attached hydrogens (tertiary/aromatic N) is 2. The second kappa shape index (κ2) is 6.93. The number of amidine groups is 1. The topological polar surface area (TPSA) is 61.8 Å². The highest BCUT2D eigenvalue weighted by molar-refractivity contribution is 8.15. The van der Waals surface area contributed by atoms with E-state index in [1.54, 1.807) is 0 Å². The number of thioether (sulfide) groups is 1. The average Bonchev–Trinajstić information content (AvgIpc) is 2.61. The van der Waals surface area contributed by atoms with E-state index in [-0.39, 0.29) is 16.7 Å². The number of unbranched alkanes of at least 4 members (excludes halogenated alkanes) is 3. The molecule has 5 nitrogen and oxygen atoms in total. The lowest BCUT2D eigenvalue weighted by Gasteiger charge is -2.30. The second-order valence-electron chi connectivity index (χ2n) is 5.00. The zero-order chi connectivity index (χ0) is 14.5. The van der Waals surface area contributed by atoms with Gasteiger partial charge in [0, 0.05) is 13.8 Å². The molecule has 1 aliphatic rings. The molecule has 0 spiro atoms. The summed E-state index contributed by atoms with van der Waals surface area (Å²) in [4.78, 5) is 22.4. The van der Waals surface area contributed by atoms with Crippen LogP contribution < -0.4 is 5.32 Å². The van der Waals surface area contributed by atoms with E-state index >= 15 is 0 Å². The molecule has 0 saturated heterocycles. The van der Waals surface area contributed by atoms with Gasteiger partial charge in [0.2, 0.25) is 11.8 Å². The van der Waals surface area contributed by atoms with Gasteiger partial charge in [-0.2, -0.15) is 0 Å². The van der Waals surface area contributed by atoms with Crippen LogP contribution in [0.15, 0.2) is 5.10 Å². The van der Waals surface area contributed by atoms with E-state index in [1.165, 1.54) is 43.5 Å². The molecule has 1 heterocycles. The van der Waals surface area contributed by atoms with E-state index in [9.17, 15) is 9.59 Å². The molecule has 0 aromatic heterocycles. The van der Waals surface area contributed by atoms with Crippen molar-refractivity contribution in [3.63, 3.8) is 0 Å². The van der Waals surface area contributed by atoms with Crippen molar-refractivity contribution in [2.24, 2.45) is 5.10 Å². The highest BCUT2D eigenvalue weighted by atomic mass is 32.2. The molecule has 1 atom stereocenters. The lowest BCUT2D eigenvalue weighted by Crippen LogP contribution is -2.40. The van der Waals surface area contributed by atoms with Crippen LogP contribution in [0.25, 0.3) is 0 Å². The third kappa shape index (κ3) is 4.53. The Morgan fingerprint density at radius 2 is 2.00 bits per heavy atom. The fourth-order valence-corrected chi connectivity index (χ4v) is 3.35. The molecule has 0 aromatic carbocycles. The van der Waals surface area contributed by atoms with Crippen LogP contribution in [-0.4, -0.2) is 26.9 Å². The third-order valence-corrected chi connectivity index (χ3v) is 4.22. The lowest BCUT2D eigenvalue weighted by molar-refractivity contribution is -0.131. The standard InChI is InChI=1S/C13H23N3O2S/c1-5-6-7-8-9-13(4)16(11(3)18)15-12(19-13)14-10(2)17/h5-9H2,1-4H3,(H,14,15,17)/t13-/m0/s1. The van der Waals surface area contributed by atoms with E-state index in [2.05, 4.69) is 17.3 Å². The summed E-state index contributed by atoms with van der Waals surface area (Å²) in [5, 5.41) is 8.88. The Balaban J connectivity index is 2.66. The minimum Gasteiger partial charge on any atom is -0.304 e. The zero-order valence-corrected chi connectivity index (χ0v) is 13.0. The molecule has 1 rings (SSSR count). The number of hydrogen-bond donors (Lipinski definition) is 1. The van der Waals surface area contributed by atoms with Crippen LogP contribution in [0, 0.1) is 0 Å². The fraction of sp³-hybridized carbons (Fsp3) is 0.769. The van der Waals surface area contributed by atoms with Gasteiger partial charge in [-0.1, -0.05) is 44.4 Å². The molecule has 19 heavy (non-hydrogen) atoms. The molecule has 0 aliphatic carbocycles. The normalized spacial score (nSPS) is 22.3. The monoisotopic (exact) mass is 285 g/mol. The van der Waals surface area contributed by atoms with Gasteiger partial charge in [-0.15, -0.1) is 5.10 Å². The summed E-state index contributed by atoms with van der Waals surface area (Å²) in [6.07, 6.45) is 5.50. The van der Waals surface area contributed by atoms with Crippen LogP contribution in [0.3, 0.4) is 0 Å². The maximum atomic E-state index is 11.7. The van der Waals surface area contributed by atoms with Crippen molar-refractivity contribution in [2.75, 3.05) is 0 Å². The first-order chi connectivity index (χ1) is 8.89. The molecule has 0 unspecified atom stereocenters. The molecule has 0 saturated carbocycles. The Morgan fingerprint density at radius 3 is 2.53 bits per heavy atom. The predicted molar refractivity (Wildman–Crippen MR) is 78.5 cm³/mol. The van der Waals surface area contributed by atoms with Gasteiger partial charge in [0.05, 0.1) is 0 Å². The van der Waals surface area contributed by atoms with Gasteiger partial charge >= 0.3 is 0 Å². The first-order valence-electron chi connectivity index (χ1n) is 6.75. The number of nitrogens with one attached hydrogen (secondary N) is 1. The summed E-state index contributed by atoms with van der Waals surface area (Å²) in [6, 6.07) is 0. The SMILES string of the molecule is CCCCCC[C@]1(C)SC(NC(C)=O)=NN1C(C)=O. The Labute approximate surface area is 119 Å². The van der Waals surface area contributed by atoms with Gasteiger partial charge in [0.15, 0.2) is 5.17 Å². The molecule has 0 aromatic rings. The maximum Gasteiger partial charge on any atom is 0.240 e. The molecule has 1 N–H and O–H groups in total. The molecule has 108 valence electrons. The van der Waals surface area contributed by atoms with Crippen LogP contribution in [0.2, 0.25) is 0 Å². The quantitative estimate of drug-likeness (QED) is 0.790. The van der Waals surface area contributed by atoms with Gasteiger partial charge in [-0.3, -0.25) is 9.59 Å². The molecular weight excluding hydrogens is 262 g/mol. The summed E-state index contributed by atoms with van der Waals surface area (Å²) in [6.45, 7) is 7.12. The third-order valence-electron chi connectivity index (χ3n) is 3.03. The van der Waals surface area contributed by atoms with Crippen molar-refractivity contribution < 1.29 is 9.59 Å². The number of hydrogen-bond acceptors (Lipinski definition) is 4. The summed E-state index contributed by atoms with van der Waals surface area (Å²) in [7, 11) is 0. The van der Waals surface area contributed by atoms with Crippen LogP contribution in [0.5, 0.6) is 0 Å². The van der Waals surface area contributed by atoms with Crippen molar-refractivity contribution in [3.05, 3.63) is 0 Å². The number of rotatable bonds is 5. The van der Waals surface area contributed by atoms with Crippen molar-refractivity contribution in [3.8, 4) is 0 Å². The Bertz CT molecular complexity index is 384. The van der Waals surface area contributed by atoms with Crippen molar-refractivity contribution in [2.45, 2.75) is 64.7 Å². The smallest absolute Gasteiger partial charge is 0.240 e. The van der Waals surface area contributed by atoms with E-state index in [1.807, 2.05) is 6.92 Å². The van der Waals surface area contributed by atoms with Crippen molar-refractivity contribution in [1.29, 1.82) is 0 Å². The first kappa shape index (κ1) is 16.0. The Morgan fingerprint density at radius 1 is 1.32 bits per heavy atom.